The maximum Gasteiger partial charge on any atom is 0.472 e. The van der Waals surface area contributed by atoms with E-state index in [1.807, 2.05) is 0 Å². The Bertz CT molecular complexity index is 1810. The predicted octanol–water partition coefficient (Wildman–Crippen LogP) is 22.1. The number of aliphatic hydroxyl groups is 1. The molecule has 17 nitrogen and oxygen atoms in total. The molecular formula is C75H146O17P2. The van der Waals surface area contributed by atoms with Crippen LogP contribution in [0.1, 0.15) is 394 Å². The molecule has 0 amide bonds. The Balaban J connectivity index is 5.26. The van der Waals surface area contributed by atoms with Crippen LogP contribution in [0.25, 0.3) is 0 Å². The van der Waals surface area contributed by atoms with Gasteiger partial charge in [-0.1, -0.05) is 343 Å². The van der Waals surface area contributed by atoms with Crippen molar-refractivity contribution in [3.8, 4) is 0 Å². The maximum absolute atomic E-state index is 13.1. The Kier molecular flexibility index (Phi) is 66.8. The minimum atomic E-state index is -4.96. The fourth-order valence-electron chi connectivity index (χ4n) is 11.5. The molecule has 0 heterocycles. The van der Waals surface area contributed by atoms with Gasteiger partial charge in [-0.2, -0.15) is 0 Å². The number of phosphoric acid groups is 2. The van der Waals surface area contributed by atoms with Crippen molar-refractivity contribution < 1.29 is 80.2 Å². The highest BCUT2D eigenvalue weighted by molar-refractivity contribution is 7.47. The standard InChI is InChI=1S/C75H146O17P2/c1-6-10-13-16-19-22-25-27-29-31-34-41-46-51-56-61-75(80)92-71(65-86-73(78)59-54-49-44-39-36-35-37-42-47-52-57-68(5)9-4)67-90-94(83,84)88-63-69(76)62-87-93(81,82)89-66-70(64-85-72(77)58-53-48-43-38-32-24-21-18-15-12-8-3)91-74(79)60-55-50-45-40-33-30-28-26-23-20-17-14-11-7-2/h68-71,76H,6-67H2,1-5H3,(H,81,82)(H,83,84)/t68?,69-,70+,71+/m0/s1. The van der Waals surface area contributed by atoms with Crippen molar-refractivity contribution in [2.75, 3.05) is 39.6 Å². The Labute approximate surface area is 575 Å². The van der Waals surface area contributed by atoms with Crippen molar-refractivity contribution >= 4 is 39.5 Å². The molecule has 0 aromatic heterocycles. The van der Waals surface area contributed by atoms with Crippen LogP contribution in [0.2, 0.25) is 0 Å². The summed E-state index contributed by atoms with van der Waals surface area (Å²) in [5, 5.41) is 10.6. The van der Waals surface area contributed by atoms with E-state index in [9.17, 15) is 43.2 Å². The summed E-state index contributed by atoms with van der Waals surface area (Å²) >= 11 is 0. The zero-order chi connectivity index (χ0) is 69.1. The maximum atomic E-state index is 13.1. The highest BCUT2D eigenvalue weighted by atomic mass is 31.2. The Morgan fingerprint density at radius 2 is 0.511 bits per heavy atom. The number of phosphoric ester groups is 2. The van der Waals surface area contributed by atoms with Crippen LogP contribution in [0.3, 0.4) is 0 Å². The minimum Gasteiger partial charge on any atom is -0.462 e. The largest absolute Gasteiger partial charge is 0.472 e. The summed E-state index contributed by atoms with van der Waals surface area (Å²) in [6, 6.07) is 0. The summed E-state index contributed by atoms with van der Waals surface area (Å²) < 4.78 is 68.5. The molecule has 6 atom stereocenters. The number of rotatable bonds is 75. The predicted molar refractivity (Wildman–Crippen MR) is 382 cm³/mol. The Morgan fingerprint density at radius 3 is 0.755 bits per heavy atom. The van der Waals surface area contributed by atoms with Crippen LogP contribution in [0, 0.1) is 5.92 Å². The third-order valence-electron chi connectivity index (χ3n) is 17.9. The summed E-state index contributed by atoms with van der Waals surface area (Å²) in [6.45, 7) is 7.32. The van der Waals surface area contributed by atoms with Crippen LogP contribution in [-0.4, -0.2) is 96.7 Å². The Morgan fingerprint density at radius 1 is 0.298 bits per heavy atom. The normalized spacial score (nSPS) is 14.3. The lowest BCUT2D eigenvalue weighted by atomic mass is 9.99. The zero-order valence-electron chi connectivity index (χ0n) is 61.1. The molecule has 3 N–H and O–H groups in total. The Hall–Kier alpha value is -1.94. The van der Waals surface area contributed by atoms with Gasteiger partial charge in [-0.15, -0.1) is 0 Å². The van der Waals surface area contributed by atoms with E-state index < -0.39 is 97.5 Å². The average Bonchev–Trinajstić information content (AvgIpc) is 1.87. The number of unbranched alkanes of at least 4 members (excludes halogenated alkanes) is 46. The molecule has 0 radical (unpaired) electrons. The van der Waals surface area contributed by atoms with E-state index in [2.05, 4.69) is 34.6 Å². The zero-order valence-corrected chi connectivity index (χ0v) is 62.9. The monoisotopic (exact) mass is 1380 g/mol. The topological polar surface area (TPSA) is 237 Å². The molecule has 0 saturated carbocycles. The summed E-state index contributed by atoms with van der Waals surface area (Å²) in [5.74, 6) is -1.30. The molecule has 0 aromatic carbocycles. The second kappa shape index (κ2) is 68.2. The fourth-order valence-corrected chi connectivity index (χ4v) is 13.1. The van der Waals surface area contributed by atoms with Crippen molar-refractivity contribution in [1.82, 2.24) is 0 Å². The van der Waals surface area contributed by atoms with E-state index >= 15 is 0 Å². The smallest absolute Gasteiger partial charge is 0.462 e. The van der Waals surface area contributed by atoms with Crippen LogP contribution in [-0.2, 0) is 65.4 Å². The van der Waals surface area contributed by atoms with Crippen molar-refractivity contribution in [2.45, 2.75) is 412 Å². The number of esters is 4. The average molecular weight is 1380 g/mol. The van der Waals surface area contributed by atoms with Gasteiger partial charge in [0, 0.05) is 25.7 Å². The first-order chi connectivity index (χ1) is 45.6. The molecule has 0 aromatic rings. The highest BCUT2D eigenvalue weighted by Crippen LogP contribution is 2.45. The second-order valence-electron chi connectivity index (χ2n) is 27.3. The molecular weight excluding hydrogens is 1230 g/mol. The van der Waals surface area contributed by atoms with Gasteiger partial charge < -0.3 is 33.8 Å². The first-order valence-corrected chi connectivity index (χ1v) is 42.2. The third kappa shape index (κ3) is 67.3. The van der Waals surface area contributed by atoms with E-state index in [1.165, 1.54) is 218 Å². The SMILES string of the molecule is CCCCCCCCCCCCCCCCCC(=O)O[C@H](COC(=O)CCCCCCCCCCCCC(C)CC)COP(=O)(O)OC[C@@H](O)COP(=O)(O)OC[C@@H](COC(=O)CCCCCCCCCCCCC)OC(=O)CCCCCCCCCCCCCCCC. The van der Waals surface area contributed by atoms with Gasteiger partial charge in [-0.05, 0) is 31.6 Å². The molecule has 0 aliphatic carbocycles. The molecule has 0 aliphatic rings. The molecule has 0 bridgehead atoms. The molecule has 0 saturated heterocycles. The van der Waals surface area contributed by atoms with Crippen LogP contribution < -0.4 is 0 Å². The van der Waals surface area contributed by atoms with E-state index in [4.69, 9.17) is 37.0 Å². The molecule has 19 heteroatoms. The van der Waals surface area contributed by atoms with Crippen molar-refractivity contribution in [3.05, 3.63) is 0 Å². The minimum absolute atomic E-state index is 0.108. The van der Waals surface area contributed by atoms with Gasteiger partial charge in [-0.3, -0.25) is 37.3 Å². The second-order valence-corrected chi connectivity index (χ2v) is 30.2. The molecule has 94 heavy (non-hydrogen) atoms. The number of ether oxygens (including phenoxy) is 4. The number of hydrogen-bond donors (Lipinski definition) is 3. The van der Waals surface area contributed by atoms with E-state index in [1.54, 1.807) is 0 Å². The van der Waals surface area contributed by atoms with Crippen molar-refractivity contribution in [3.63, 3.8) is 0 Å². The van der Waals surface area contributed by atoms with Gasteiger partial charge in [0.2, 0.25) is 0 Å². The fraction of sp³-hybridized carbons (Fsp3) is 0.947. The molecule has 0 fully saturated rings. The van der Waals surface area contributed by atoms with E-state index in [-0.39, 0.29) is 25.7 Å². The molecule has 0 rings (SSSR count). The lowest BCUT2D eigenvalue weighted by molar-refractivity contribution is -0.161. The van der Waals surface area contributed by atoms with Crippen LogP contribution in [0.15, 0.2) is 0 Å². The first-order valence-electron chi connectivity index (χ1n) is 39.2. The van der Waals surface area contributed by atoms with Gasteiger partial charge >= 0.3 is 39.5 Å². The van der Waals surface area contributed by atoms with Gasteiger partial charge in [-0.25, -0.2) is 9.13 Å². The summed E-state index contributed by atoms with van der Waals surface area (Å²) in [7, 11) is -9.91. The molecule has 3 unspecified atom stereocenters. The number of hydrogen-bond acceptors (Lipinski definition) is 15. The van der Waals surface area contributed by atoms with Gasteiger partial charge in [0.25, 0.3) is 0 Å². The lowest BCUT2D eigenvalue weighted by Crippen LogP contribution is -2.30. The number of aliphatic hydroxyl groups excluding tert-OH is 1. The highest BCUT2D eigenvalue weighted by Gasteiger charge is 2.30. The third-order valence-corrected chi connectivity index (χ3v) is 19.8. The quantitative estimate of drug-likeness (QED) is 0.0222. The molecule has 0 spiro atoms. The van der Waals surface area contributed by atoms with Gasteiger partial charge in [0.1, 0.15) is 19.3 Å². The number of carbonyl (C=O) groups excluding carboxylic acids is 4. The van der Waals surface area contributed by atoms with Crippen molar-refractivity contribution in [2.24, 2.45) is 5.92 Å². The lowest BCUT2D eigenvalue weighted by Gasteiger charge is -2.21. The summed E-state index contributed by atoms with van der Waals surface area (Å²) in [6.07, 6.45) is 56.6. The molecule has 558 valence electrons. The van der Waals surface area contributed by atoms with Crippen LogP contribution in [0.5, 0.6) is 0 Å². The van der Waals surface area contributed by atoms with Crippen molar-refractivity contribution in [1.29, 1.82) is 0 Å². The van der Waals surface area contributed by atoms with Crippen LogP contribution in [0.4, 0.5) is 0 Å². The summed E-state index contributed by atoms with van der Waals surface area (Å²) in [5.41, 5.74) is 0. The first kappa shape index (κ1) is 92.1. The molecule has 0 aliphatic heterocycles. The van der Waals surface area contributed by atoms with Gasteiger partial charge in [0.15, 0.2) is 12.2 Å². The van der Waals surface area contributed by atoms with Gasteiger partial charge in [0.05, 0.1) is 26.4 Å². The van der Waals surface area contributed by atoms with Crippen LogP contribution >= 0.6 is 15.6 Å². The van der Waals surface area contributed by atoms with E-state index in [0.29, 0.717) is 25.7 Å². The van der Waals surface area contributed by atoms with E-state index in [0.717, 1.165) is 95.8 Å². The summed E-state index contributed by atoms with van der Waals surface area (Å²) in [4.78, 5) is 72.8. The number of carbonyl (C=O) groups is 4.